The molecular weight excluding hydrogens is 312 g/mol. The molecule has 1 fully saturated rings. The van der Waals surface area contributed by atoms with Gasteiger partial charge in [-0.3, -0.25) is 4.79 Å². The minimum absolute atomic E-state index is 0.0929. The highest BCUT2D eigenvalue weighted by molar-refractivity contribution is 6.30. The van der Waals surface area contributed by atoms with Crippen molar-refractivity contribution in [2.45, 2.75) is 31.8 Å². The van der Waals surface area contributed by atoms with E-state index in [1.54, 1.807) is 6.08 Å². The van der Waals surface area contributed by atoms with Crippen LogP contribution in [0.3, 0.4) is 0 Å². The number of oxime groups is 1. The third-order valence-corrected chi connectivity index (χ3v) is 4.70. The molecule has 1 aliphatic heterocycles. The molecule has 1 aliphatic carbocycles. The van der Waals surface area contributed by atoms with E-state index >= 15 is 0 Å². The lowest BCUT2D eigenvalue weighted by atomic mass is 9.84. The van der Waals surface area contributed by atoms with E-state index in [1.807, 2.05) is 29.2 Å². The van der Waals surface area contributed by atoms with Crippen LogP contribution in [0.2, 0.25) is 5.02 Å². The first-order chi connectivity index (χ1) is 11.2. The number of carbonyl (C=O) groups is 1. The van der Waals surface area contributed by atoms with Crippen molar-refractivity contribution in [1.82, 2.24) is 4.90 Å². The van der Waals surface area contributed by atoms with Crippen molar-refractivity contribution >= 4 is 23.2 Å². The molecule has 1 saturated carbocycles. The van der Waals surface area contributed by atoms with Crippen LogP contribution in [0.4, 0.5) is 0 Å². The van der Waals surface area contributed by atoms with Gasteiger partial charge in [0, 0.05) is 23.9 Å². The largest absolute Gasteiger partial charge is 0.390 e. The maximum absolute atomic E-state index is 12.5. The summed E-state index contributed by atoms with van der Waals surface area (Å²) in [6.07, 6.45) is 5.54. The number of halogens is 1. The lowest BCUT2D eigenvalue weighted by molar-refractivity contribution is -0.139. The van der Waals surface area contributed by atoms with Crippen molar-refractivity contribution < 1.29 is 9.63 Å². The fourth-order valence-electron chi connectivity index (χ4n) is 2.91. The van der Waals surface area contributed by atoms with Crippen LogP contribution in [-0.4, -0.2) is 35.7 Å². The van der Waals surface area contributed by atoms with Gasteiger partial charge in [-0.15, -0.1) is 6.58 Å². The summed E-state index contributed by atoms with van der Waals surface area (Å²) in [5.74, 6) is 0.410. The second kappa shape index (κ2) is 7.18. The average Bonchev–Trinajstić information content (AvgIpc) is 2.94. The van der Waals surface area contributed by atoms with Crippen LogP contribution in [0.5, 0.6) is 0 Å². The molecule has 5 heteroatoms. The predicted octanol–water partition coefficient (Wildman–Crippen LogP) is 3.65. The number of benzene rings is 1. The van der Waals surface area contributed by atoms with Crippen molar-refractivity contribution in [3.8, 4) is 0 Å². The number of carbonyl (C=O) groups excluding carboxylic acids is 1. The van der Waals surface area contributed by atoms with Gasteiger partial charge in [0.1, 0.15) is 0 Å². The van der Waals surface area contributed by atoms with Gasteiger partial charge in [-0.25, -0.2) is 0 Å². The van der Waals surface area contributed by atoms with Crippen LogP contribution in [-0.2, 0) is 9.63 Å². The van der Waals surface area contributed by atoms with Crippen LogP contribution >= 0.6 is 11.6 Å². The van der Waals surface area contributed by atoms with Crippen LogP contribution in [0.1, 0.15) is 31.2 Å². The maximum Gasteiger partial charge on any atom is 0.226 e. The van der Waals surface area contributed by atoms with E-state index in [2.05, 4.69) is 11.7 Å². The molecule has 0 spiro atoms. The van der Waals surface area contributed by atoms with Gasteiger partial charge >= 0.3 is 0 Å². The van der Waals surface area contributed by atoms with E-state index in [0.29, 0.717) is 24.5 Å². The Labute approximate surface area is 141 Å². The van der Waals surface area contributed by atoms with Gasteiger partial charge in [-0.1, -0.05) is 41.4 Å². The monoisotopic (exact) mass is 332 g/mol. The normalized spacial score (nSPS) is 20.4. The number of hydrogen-bond acceptors (Lipinski definition) is 3. The molecule has 1 atom stereocenters. The van der Waals surface area contributed by atoms with Gasteiger partial charge in [0.15, 0.2) is 6.10 Å². The van der Waals surface area contributed by atoms with Gasteiger partial charge in [0.2, 0.25) is 5.91 Å². The summed E-state index contributed by atoms with van der Waals surface area (Å²) in [5, 5.41) is 4.88. The third-order valence-electron chi connectivity index (χ3n) is 4.45. The minimum Gasteiger partial charge on any atom is -0.390 e. The molecule has 0 radical (unpaired) electrons. The predicted molar refractivity (Wildman–Crippen MR) is 91.6 cm³/mol. The molecule has 0 aromatic heterocycles. The molecular formula is C18H21ClN2O2. The summed E-state index contributed by atoms with van der Waals surface area (Å²) >= 11 is 5.91. The Bertz CT molecular complexity index is 608. The average molecular weight is 333 g/mol. The fourth-order valence-corrected chi connectivity index (χ4v) is 3.03. The van der Waals surface area contributed by atoms with Crippen molar-refractivity contribution in [1.29, 1.82) is 0 Å². The lowest BCUT2D eigenvalue weighted by Gasteiger charge is -2.32. The summed E-state index contributed by atoms with van der Waals surface area (Å²) in [4.78, 5) is 19.8. The SMILES string of the molecule is C=CCN(C[C@@H]1CC(c2ccc(Cl)cc2)=NO1)C(=O)C1CCC1. The van der Waals surface area contributed by atoms with Gasteiger partial charge in [-0.2, -0.15) is 0 Å². The van der Waals surface area contributed by atoms with Gasteiger partial charge in [0.25, 0.3) is 0 Å². The molecule has 1 aromatic rings. The zero-order chi connectivity index (χ0) is 16.2. The van der Waals surface area contributed by atoms with Crippen molar-refractivity contribution in [2.24, 2.45) is 11.1 Å². The number of rotatable bonds is 6. The van der Waals surface area contributed by atoms with Crippen LogP contribution in [0, 0.1) is 5.92 Å². The van der Waals surface area contributed by atoms with Gasteiger partial charge in [-0.05, 0) is 30.5 Å². The van der Waals surface area contributed by atoms with Crippen molar-refractivity contribution in [3.05, 3.63) is 47.5 Å². The molecule has 0 unspecified atom stereocenters. The van der Waals surface area contributed by atoms with Gasteiger partial charge < -0.3 is 9.74 Å². The molecule has 4 nitrogen and oxygen atoms in total. The van der Waals surface area contributed by atoms with E-state index in [9.17, 15) is 4.79 Å². The van der Waals surface area contributed by atoms with E-state index in [0.717, 1.165) is 30.5 Å². The quantitative estimate of drug-likeness (QED) is 0.746. The highest BCUT2D eigenvalue weighted by Gasteiger charge is 2.32. The molecule has 23 heavy (non-hydrogen) atoms. The highest BCUT2D eigenvalue weighted by Crippen LogP contribution is 2.29. The second-order valence-electron chi connectivity index (χ2n) is 6.14. The van der Waals surface area contributed by atoms with E-state index in [1.165, 1.54) is 0 Å². The van der Waals surface area contributed by atoms with Crippen molar-refractivity contribution in [3.63, 3.8) is 0 Å². The summed E-state index contributed by atoms with van der Waals surface area (Å²) < 4.78 is 0. The number of nitrogens with zero attached hydrogens (tertiary/aromatic N) is 2. The zero-order valence-corrected chi connectivity index (χ0v) is 13.8. The Morgan fingerprint density at radius 2 is 2.13 bits per heavy atom. The Morgan fingerprint density at radius 3 is 2.74 bits per heavy atom. The van der Waals surface area contributed by atoms with Gasteiger partial charge in [0.05, 0.1) is 12.3 Å². The smallest absolute Gasteiger partial charge is 0.226 e. The Hall–Kier alpha value is -1.81. The van der Waals surface area contributed by atoms with E-state index in [-0.39, 0.29) is 17.9 Å². The van der Waals surface area contributed by atoms with Crippen LogP contribution < -0.4 is 0 Å². The first-order valence-corrected chi connectivity index (χ1v) is 8.43. The third kappa shape index (κ3) is 3.75. The van der Waals surface area contributed by atoms with E-state index < -0.39 is 0 Å². The molecule has 0 saturated heterocycles. The fraction of sp³-hybridized carbons (Fsp3) is 0.444. The summed E-state index contributed by atoms with van der Waals surface area (Å²) in [6.45, 7) is 4.87. The molecule has 0 bridgehead atoms. The first-order valence-electron chi connectivity index (χ1n) is 8.05. The summed E-state index contributed by atoms with van der Waals surface area (Å²) in [5.41, 5.74) is 1.92. The Balaban J connectivity index is 1.59. The van der Waals surface area contributed by atoms with Crippen molar-refractivity contribution in [2.75, 3.05) is 13.1 Å². The standard InChI is InChI=1S/C18H21ClN2O2/c1-2-10-21(18(22)14-4-3-5-14)12-16-11-17(20-23-16)13-6-8-15(19)9-7-13/h2,6-9,14,16H,1,3-5,10-12H2/t16-/m0/s1. The second-order valence-corrected chi connectivity index (χ2v) is 6.57. The molecule has 2 aliphatic rings. The Kier molecular flexibility index (Phi) is 5.01. The lowest BCUT2D eigenvalue weighted by Crippen LogP contribution is -2.43. The minimum atomic E-state index is -0.0929. The summed E-state index contributed by atoms with van der Waals surface area (Å²) in [7, 11) is 0. The van der Waals surface area contributed by atoms with E-state index in [4.69, 9.17) is 16.4 Å². The molecule has 0 N–H and O–H groups in total. The molecule has 1 heterocycles. The Morgan fingerprint density at radius 1 is 1.39 bits per heavy atom. The van der Waals surface area contributed by atoms with Crippen LogP contribution in [0.25, 0.3) is 0 Å². The van der Waals surface area contributed by atoms with Crippen LogP contribution in [0.15, 0.2) is 42.1 Å². The molecule has 1 aromatic carbocycles. The topological polar surface area (TPSA) is 41.9 Å². The number of amides is 1. The highest BCUT2D eigenvalue weighted by atomic mass is 35.5. The molecule has 3 rings (SSSR count). The summed E-state index contributed by atoms with van der Waals surface area (Å²) in [6, 6.07) is 7.57. The maximum atomic E-state index is 12.5. The molecule has 1 amide bonds. The first kappa shape index (κ1) is 16.1. The molecule has 122 valence electrons. The number of hydrogen-bond donors (Lipinski definition) is 0. The zero-order valence-electron chi connectivity index (χ0n) is 13.1.